The summed E-state index contributed by atoms with van der Waals surface area (Å²) in [6.45, 7) is 0. The summed E-state index contributed by atoms with van der Waals surface area (Å²) < 4.78 is 0. The van der Waals surface area contributed by atoms with Gasteiger partial charge in [-0.2, -0.15) is 0 Å². The number of thioether (sulfide) groups is 1. The monoisotopic (exact) mass is 360 g/mol. The Hall–Kier alpha value is -2.66. The Labute approximate surface area is 157 Å². The van der Waals surface area contributed by atoms with Crippen LogP contribution in [0.5, 0.6) is 0 Å². The molecule has 26 heavy (non-hydrogen) atoms. The second kappa shape index (κ2) is 7.70. The Morgan fingerprint density at radius 1 is 0.962 bits per heavy atom. The van der Waals surface area contributed by atoms with Crippen molar-refractivity contribution in [1.82, 2.24) is 9.97 Å². The number of nitrogens with two attached hydrogens (primary N) is 1. The van der Waals surface area contributed by atoms with Crippen molar-refractivity contribution in [3.63, 3.8) is 0 Å². The van der Waals surface area contributed by atoms with Crippen molar-refractivity contribution >= 4 is 16.9 Å². The Morgan fingerprint density at radius 2 is 1.77 bits per heavy atom. The Morgan fingerprint density at radius 3 is 2.58 bits per heavy atom. The largest absolute Gasteiger partial charge is 0.379 e. The van der Waals surface area contributed by atoms with E-state index in [2.05, 4.69) is 64.6 Å². The van der Waals surface area contributed by atoms with Gasteiger partial charge in [0.25, 0.3) is 0 Å². The summed E-state index contributed by atoms with van der Waals surface area (Å²) in [5.74, 6) is 0. The third kappa shape index (κ3) is 3.94. The van der Waals surface area contributed by atoms with Crippen LogP contribution >= 0.6 is 11.8 Å². The predicted molar refractivity (Wildman–Crippen MR) is 108 cm³/mol. The van der Waals surface area contributed by atoms with Gasteiger partial charge in [0, 0.05) is 23.2 Å². The predicted octanol–water partition coefficient (Wildman–Crippen LogP) is 4.25. The maximum Gasteiger partial charge on any atom is 0.154 e. The molecular weight excluding hydrogens is 340 g/mol. The first-order valence-corrected chi connectivity index (χ1v) is 9.55. The highest BCUT2D eigenvalue weighted by molar-refractivity contribution is 8.14. The molecule has 2 unspecified atom stereocenters. The van der Waals surface area contributed by atoms with E-state index in [-0.39, 0.29) is 6.04 Å². The highest BCUT2D eigenvalue weighted by Gasteiger charge is 2.25. The number of aromatic nitrogens is 2. The smallest absolute Gasteiger partial charge is 0.154 e. The molecule has 0 saturated carbocycles. The molecule has 1 aromatic heterocycles. The minimum absolute atomic E-state index is 0.0922. The van der Waals surface area contributed by atoms with E-state index < -0.39 is 0 Å². The summed E-state index contributed by atoms with van der Waals surface area (Å²) >= 11 is 1.69. The molecule has 1 aliphatic rings. The molecule has 0 fully saturated rings. The van der Waals surface area contributed by atoms with Crippen LogP contribution in [-0.4, -0.2) is 20.4 Å². The molecule has 4 nitrogen and oxygen atoms in total. The zero-order valence-corrected chi connectivity index (χ0v) is 15.1. The van der Waals surface area contributed by atoms with Crippen LogP contribution in [0, 0.1) is 0 Å². The fourth-order valence-electron chi connectivity index (χ4n) is 3.29. The first-order chi connectivity index (χ1) is 12.8. The fraction of sp³-hybridized carbons (Fsp3) is 0.190. The van der Waals surface area contributed by atoms with Crippen molar-refractivity contribution in [3.05, 3.63) is 84.4 Å². The number of hydrogen-bond donors (Lipinski definition) is 1. The molecule has 2 N–H and O–H groups in total. The molecule has 3 aromatic rings. The van der Waals surface area contributed by atoms with Gasteiger partial charge in [0.2, 0.25) is 0 Å². The highest BCUT2D eigenvalue weighted by Crippen LogP contribution is 2.36. The van der Waals surface area contributed by atoms with Crippen LogP contribution in [0.2, 0.25) is 0 Å². The van der Waals surface area contributed by atoms with Crippen LogP contribution in [-0.2, 0) is 6.42 Å². The third-order valence-electron chi connectivity index (χ3n) is 4.53. The van der Waals surface area contributed by atoms with Gasteiger partial charge in [-0.15, -0.1) is 0 Å². The zero-order chi connectivity index (χ0) is 17.8. The average Bonchev–Trinajstić information content (AvgIpc) is 2.69. The lowest BCUT2D eigenvalue weighted by molar-refractivity contribution is 0.621. The maximum absolute atomic E-state index is 6.15. The van der Waals surface area contributed by atoms with Gasteiger partial charge >= 0.3 is 0 Å². The van der Waals surface area contributed by atoms with Crippen LogP contribution in [0.4, 0.5) is 0 Å². The van der Waals surface area contributed by atoms with Gasteiger partial charge in [0.05, 0.1) is 6.04 Å². The molecule has 2 aromatic carbocycles. The van der Waals surface area contributed by atoms with Crippen LogP contribution in [0.1, 0.15) is 23.6 Å². The zero-order valence-electron chi connectivity index (χ0n) is 14.3. The van der Waals surface area contributed by atoms with Crippen LogP contribution in [0.3, 0.4) is 0 Å². The molecule has 0 spiro atoms. The third-order valence-corrected chi connectivity index (χ3v) is 5.57. The molecule has 2 heterocycles. The molecule has 0 saturated heterocycles. The number of nitrogens with zero attached hydrogens (tertiary/aromatic N) is 3. The summed E-state index contributed by atoms with van der Waals surface area (Å²) in [5, 5.41) is 1.11. The van der Waals surface area contributed by atoms with Crippen molar-refractivity contribution in [2.75, 3.05) is 0 Å². The summed E-state index contributed by atoms with van der Waals surface area (Å²) in [6, 6.07) is 19.1. The molecule has 1 aliphatic heterocycles. The molecule has 2 atom stereocenters. The lowest BCUT2D eigenvalue weighted by atomic mass is 9.96. The molecule has 0 amide bonds. The number of amidine groups is 1. The van der Waals surface area contributed by atoms with Crippen molar-refractivity contribution in [3.8, 4) is 11.1 Å². The molecule has 130 valence electrons. The minimum Gasteiger partial charge on any atom is -0.379 e. The number of rotatable bonds is 4. The molecule has 0 aliphatic carbocycles. The first kappa shape index (κ1) is 16.8. The van der Waals surface area contributed by atoms with Gasteiger partial charge in [-0.25, -0.2) is 9.97 Å². The minimum atomic E-state index is 0.0922. The normalized spacial score (nSPS) is 19.8. The van der Waals surface area contributed by atoms with Crippen LogP contribution in [0.25, 0.3) is 11.1 Å². The average molecular weight is 360 g/mol. The van der Waals surface area contributed by atoms with Crippen molar-refractivity contribution in [2.24, 2.45) is 10.7 Å². The van der Waals surface area contributed by atoms with Crippen LogP contribution in [0.15, 0.2) is 78.3 Å². The molecule has 5 heteroatoms. The molecule has 0 radical (unpaired) electrons. The van der Waals surface area contributed by atoms with E-state index >= 15 is 0 Å². The van der Waals surface area contributed by atoms with Crippen molar-refractivity contribution < 1.29 is 0 Å². The second-order valence-electron chi connectivity index (χ2n) is 6.40. The number of hydrogen-bond acceptors (Lipinski definition) is 5. The van der Waals surface area contributed by atoms with Gasteiger partial charge in [0.1, 0.15) is 6.33 Å². The van der Waals surface area contributed by atoms with Gasteiger partial charge in [-0.05, 0) is 35.6 Å². The molecule has 4 rings (SSSR count). The van der Waals surface area contributed by atoms with E-state index in [4.69, 9.17) is 10.7 Å². The van der Waals surface area contributed by atoms with Gasteiger partial charge in [-0.3, -0.25) is 4.99 Å². The van der Waals surface area contributed by atoms with Crippen LogP contribution < -0.4 is 5.73 Å². The van der Waals surface area contributed by atoms with Gasteiger partial charge < -0.3 is 5.73 Å². The number of benzene rings is 2. The lowest BCUT2D eigenvalue weighted by Crippen LogP contribution is -2.24. The van der Waals surface area contributed by atoms with E-state index in [1.165, 1.54) is 11.1 Å². The quantitative estimate of drug-likeness (QED) is 0.755. The first-order valence-electron chi connectivity index (χ1n) is 8.67. The SMILES string of the molecule is NC1=NC(c2cccc(-c3cncnc3)c2)CC(Cc2ccccc2)S1. The Bertz CT molecular complexity index is 896. The summed E-state index contributed by atoms with van der Waals surface area (Å²) in [4.78, 5) is 12.9. The number of aliphatic imine (C=N–C) groups is 1. The summed E-state index contributed by atoms with van der Waals surface area (Å²) in [7, 11) is 0. The fourth-order valence-corrected chi connectivity index (χ4v) is 4.37. The lowest BCUT2D eigenvalue weighted by Gasteiger charge is -2.26. The Kier molecular flexibility index (Phi) is 4.97. The van der Waals surface area contributed by atoms with Gasteiger partial charge in [0.15, 0.2) is 5.17 Å². The van der Waals surface area contributed by atoms with E-state index in [1.807, 2.05) is 12.4 Å². The van der Waals surface area contributed by atoms with Crippen molar-refractivity contribution in [2.45, 2.75) is 24.1 Å². The van der Waals surface area contributed by atoms with E-state index in [0.717, 1.165) is 24.0 Å². The summed E-state index contributed by atoms with van der Waals surface area (Å²) in [5.41, 5.74) is 10.8. The standard InChI is InChI=1S/C21H20N4S/c22-21-25-20(11-19(26-21)9-15-5-2-1-3-6-15)17-8-4-7-16(10-17)18-12-23-14-24-13-18/h1-8,10,12-14,19-20H,9,11H2,(H2,22,25). The second-order valence-corrected chi connectivity index (χ2v) is 7.72. The molecular formula is C21H20N4S. The topological polar surface area (TPSA) is 64.2 Å². The molecule has 0 bridgehead atoms. The van der Waals surface area contributed by atoms with Crippen molar-refractivity contribution in [1.29, 1.82) is 0 Å². The van der Waals surface area contributed by atoms with E-state index in [9.17, 15) is 0 Å². The van der Waals surface area contributed by atoms with E-state index in [0.29, 0.717) is 10.4 Å². The van der Waals surface area contributed by atoms with Gasteiger partial charge in [-0.1, -0.05) is 60.3 Å². The van der Waals surface area contributed by atoms with E-state index in [1.54, 1.807) is 18.1 Å². The summed E-state index contributed by atoms with van der Waals surface area (Å²) in [6.07, 6.45) is 7.20. The Balaban J connectivity index is 1.56. The highest BCUT2D eigenvalue weighted by atomic mass is 32.2. The maximum atomic E-state index is 6.15.